The molecule has 1 aromatic carbocycles. The van der Waals surface area contributed by atoms with Crippen LogP contribution in [-0.2, 0) is 22.0 Å². The van der Waals surface area contributed by atoms with E-state index in [1.165, 1.54) is 12.8 Å². The number of rotatable bonds is 6. The first kappa shape index (κ1) is 14.3. The molecule has 19 heavy (non-hydrogen) atoms. The van der Waals surface area contributed by atoms with Crippen LogP contribution in [0, 0.1) is 5.92 Å². The van der Waals surface area contributed by atoms with Crippen molar-refractivity contribution in [1.29, 1.82) is 0 Å². The molecule has 1 aromatic rings. The molecule has 0 heterocycles. The molecule has 1 aliphatic rings. The summed E-state index contributed by atoms with van der Waals surface area (Å²) in [6.07, 6.45) is 4.94. The van der Waals surface area contributed by atoms with E-state index in [0.29, 0.717) is 18.1 Å². The molecule has 0 aromatic heterocycles. The quantitative estimate of drug-likeness (QED) is 0.871. The molecular weight excluding hydrogens is 260 g/mol. The molecule has 3 nitrogen and oxygen atoms in total. The first-order valence-corrected chi connectivity index (χ1v) is 8.19. The second kappa shape index (κ2) is 6.85. The van der Waals surface area contributed by atoms with Gasteiger partial charge in [0.15, 0.2) is 0 Å². The highest BCUT2D eigenvalue weighted by atomic mass is 32.2. The number of carbonyl (C=O) groups is 1. The Morgan fingerprint density at radius 3 is 2.47 bits per heavy atom. The summed E-state index contributed by atoms with van der Waals surface area (Å²) >= 11 is 0. The minimum atomic E-state index is -1.28. The molecule has 2 atom stereocenters. The van der Waals surface area contributed by atoms with Gasteiger partial charge in [0.25, 0.3) is 0 Å². The lowest BCUT2D eigenvalue weighted by Crippen LogP contribution is -2.31. The van der Waals surface area contributed by atoms with E-state index in [4.69, 9.17) is 0 Å². The van der Waals surface area contributed by atoms with Crippen molar-refractivity contribution in [2.45, 2.75) is 37.4 Å². The highest BCUT2D eigenvalue weighted by Gasteiger charge is 2.28. The van der Waals surface area contributed by atoms with Crippen LogP contribution in [0.5, 0.6) is 0 Å². The highest BCUT2D eigenvalue weighted by Crippen LogP contribution is 2.26. The fraction of sp³-hybridized carbons (Fsp3) is 0.533. The fourth-order valence-corrected chi connectivity index (χ4v) is 4.28. The average Bonchev–Trinajstić information content (AvgIpc) is 2.89. The first-order chi connectivity index (χ1) is 9.16. The number of hydrogen-bond donors (Lipinski definition) is 1. The zero-order chi connectivity index (χ0) is 13.7. The summed E-state index contributed by atoms with van der Waals surface area (Å²) in [6.45, 7) is 0. The Bertz CT molecular complexity index is 438. The van der Waals surface area contributed by atoms with Crippen molar-refractivity contribution in [2.24, 2.45) is 5.92 Å². The lowest BCUT2D eigenvalue weighted by molar-refractivity contribution is -0.136. The van der Waals surface area contributed by atoms with Gasteiger partial charge >= 0.3 is 5.97 Å². The van der Waals surface area contributed by atoms with E-state index in [2.05, 4.69) is 0 Å². The lowest BCUT2D eigenvalue weighted by atomic mass is 10.1. The van der Waals surface area contributed by atoms with Crippen molar-refractivity contribution in [3.8, 4) is 0 Å². The molecule has 0 amide bonds. The zero-order valence-electron chi connectivity index (χ0n) is 11.0. The van der Waals surface area contributed by atoms with Gasteiger partial charge in [-0.25, -0.2) is 0 Å². The molecule has 1 N–H and O–H groups in total. The van der Waals surface area contributed by atoms with Crippen LogP contribution in [0.1, 0.15) is 31.2 Å². The molecule has 1 aliphatic carbocycles. The maximum Gasteiger partial charge on any atom is 0.319 e. The van der Waals surface area contributed by atoms with E-state index in [9.17, 15) is 14.1 Å². The largest absolute Gasteiger partial charge is 0.480 e. The highest BCUT2D eigenvalue weighted by molar-refractivity contribution is 7.86. The van der Waals surface area contributed by atoms with Crippen LogP contribution >= 0.6 is 0 Å². The molecule has 0 bridgehead atoms. The third kappa shape index (κ3) is 4.16. The average molecular weight is 280 g/mol. The van der Waals surface area contributed by atoms with Gasteiger partial charge in [-0.3, -0.25) is 9.00 Å². The number of hydrogen-bond acceptors (Lipinski definition) is 2. The summed E-state index contributed by atoms with van der Waals surface area (Å²) in [4.78, 5) is 11.3. The second-order valence-corrected chi connectivity index (χ2v) is 6.88. The molecule has 1 fully saturated rings. The van der Waals surface area contributed by atoms with Crippen molar-refractivity contribution < 1.29 is 14.1 Å². The zero-order valence-corrected chi connectivity index (χ0v) is 11.8. The minimum absolute atomic E-state index is 0.357. The molecule has 1 saturated carbocycles. The summed E-state index contributed by atoms with van der Waals surface area (Å²) in [5, 5.41) is 8.51. The predicted octanol–water partition coefficient (Wildman–Crippen LogP) is 2.62. The van der Waals surface area contributed by atoms with Crippen LogP contribution in [0.2, 0.25) is 0 Å². The maximum absolute atomic E-state index is 12.3. The van der Waals surface area contributed by atoms with E-state index < -0.39 is 22.0 Å². The van der Waals surface area contributed by atoms with Gasteiger partial charge in [0.1, 0.15) is 5.25 Å². The Hall–Kier alpha value is -1.16. The van der Waals surface area contributed by atoms with Gasteiger partial charge in [0, 0.05) is 16.6 Å². The third-order valence-corrected chi connectivity index (χ3v) is 5.53. The molecule has 0 spiro atoms. The van der Waals surface area contributed by atoms with Crippen LogP contribution in [0.3, 0.4) is 0 Å². The smallest absolute Gasteiger partial charge is 0.319 e. The lowest BCUT2D eigenvalue weighted by Gasteiger charge is -2.15. The third-order valence-electron chi connectivity index (χ3n) is 3.73. The van der Waals surface area contributed by atoms with Crippen molar-refractivity contribution in [2.75, 3.05) is 5.75 Å². The standard InChI is InChI=1S/C15H20O3S/c16-15(17)14(10-12-6-2-1-3-7-12)19(18)11-13-8-4-5-9-13/h1-3,6-7,13-14H,4-5,8-11H2,(H,16,17). The maximum atomic E-state index is 12.3. The first-order valence-electron chi connectivity index (χ1n) is 6.80. The predicted molar refractivity (Wildman–Crippen MR) is 76.5 cm³/mol. The molecule has 0 aliphatic heterocycles. The van der Waals surface area contributed by atoms with E-state index in [1.54, 1.807) is 0 Å². The Morgan fingerprint density at radius 2 is 1.89 bits per heavy atom. The van der Waals surface area contributed by atoms with Crippen LogP contribution in [-0.4, -0.2) is 26.3 Å². The van der Waals surface area contributed by atoms with Gasteiger partial charge in [-0.05, 0) is 30.7 Å². The molecular formula is C15H20O3S. The summed E-state index contributed by atoms with van der Waals surface area (Å²) in [5.41, 5.74) is 0.940. The molecule has 0 radical (unpaired) electrons. The fourth-order valence-electron chi connectivity index (χ4n) is 2.65. The summed E-state index contributed by atoms with van der Waals surface area (Å²) < 4.78 is 12.3. The normalized spacial score (nSPS) is 19.2. The minimum Gasteiger partial charge on any atom is -0.480 e. The Kier molecular flexibility index (Phi) is 5.14. The van der Waals surface area contributed by atoms with Gasteiger partial charge in [0.2, 0.25) is 0 Å². The number of carboxylic acids is 1. The second-order valence-electron chi connectivity index (χ2n) is 5.21. The van der Waals surface area contributed by atoms with Gasteiger partial charge in [-0.1, -0.05) is 43.2 Å². The molecule has 4 heteroatoms. The van der Waals surface area contributed by atoms with Crippen LogP contribution < -0.4 is 0 Å². The van der Waals surface area contributed by atoms with Gasteiger partial charge in [-0.2, -0.15) is 0 Å². The van der Waals surface area contributed by atoms with E-state index in [1.807, 2.05) is 30.3 Å². The van der Waals surface area contributed by atoms with E-state index in [-0.39, 0.29) is 0 Å². The monoisotopic (exact) mass is 280 g/mol. The van der Waals surface area contributed by atoms with Crippen LogP contribution in [0.15, 0.2) is 30.3 Å². The molecule has 104 valence electrons. The van der Waals surface area contributed by atoms with Gasteiger partial charge in [-0.15, -0.1) is 0 Å². The Morgan fingerprint density at radius 1 is 1.26 bits per heavy atom. The SMILES string of the molecule is O=C(O)C(Cc1ccccc1)S(=O)CC1CCCC1. The number of benzene rings is 1. The van der Waals surface area contributed by atoms with Crippen LogP contribution in [0.4, 0.5) is 0 Å². The summed E-state index contributed by atoms with van der Waals surface area (Å²) in [7, 11) is -1.28. The van der Waals surface area contributed by atoms with Gasteiger partial charge < -0.3 is 5.11 Å². The molecule has 0 saturated heterocycles. The van der Waals surface area contributed by atoms with E-state index >= 15 is 0 Å². The topological polar surface area (TPSA) is 54.4 Å². The van der Waals surface area contributed by atoms with Crippen molar-refractivity contribution in [1.82, 2.24) is 0 Å². The Labute approximate surface area is 116 Å². The molecule has 2 rings (SSSR count). The summed E-state index contributed by atoms with van der Waals surface area (Å²) in [5.74, 6) is 0.0581. The van der Waals surface area contributed by atoms with Crippen molar-refractivity contribution in [3.05, 3.63) is 35.9 Å². The summed E-state index contributed by atoms with van der Waals surface area (Å²) in [6, 6.07) is 9.45. The number of carboxylic acid groups (broad SMARTS) is 1. The van der Waals surface area contributed by atoms with Crippen LogP contribution in [0.25, 0.3) is 0 Å². The van der Waals surface area contributed by atoms with Crippen molar-refractivity contribution >= 4 is 16.8 Å². The Balaban J connectivity index is 1.98. The molecule has 2 unspecified atom stereocenters. The van der Waals surface area contributed by atoms with Crippen molar-refractivity contribution in [3.63, 3.8) is 0 Å². The van der Waals surface area contributed by atoms with Gasteiger partial charge in [0.05, 0.1) is 0 Å². The number of aliphatic carboxylic acids is 1. The van der Waals surface area contributed by atoms with E-state index in [0.717, 1.165) is 18.4 Å².